The van der Waals surface area contributed by atoms with Crippen molar-refractivity contribution in [3.63, 3.8) is 0 Å². The zero-order chi connectivity index (χ0) is 13.9. The van der Waals surface area contributed by atoms with Gasteiger partial charge in [-0.25, -0.2) is 4.98 Å². The summed E-state index contributed by atoms with van der Waals surface area (Å²) in [6.07, 6.45) is 10.1. The molecule has 0 saturated heterocycles. The molecule has 104 valence electrons. The number of carbonyl (C=O) groups is 1. The van der Waals surface area contributed by atoms with E-state index in [0.29, 0.717) is 5.92 Å². The third-order valence-electron chi connectivity index (χ3n) is 4.23. The molecule has 0 spiro atoms. The van der Waals surface area contributed by atoms with Crippen molar-refractivity contribution in [2.75, 3.05) is 0 Å². The van der Waals surface area contributed by atoms with E-state index in [9.17, 15) is 4.79 Å². The average Bonchev–Trinajstić information content (AvgIpc) is 2.98. The van der Waals surface area contributed by atoms with Crippen LogP contribution in [0.15, 0.2) is 36.7 Å². The molecule has 20 heavy (non-hydrogen) atoms. The lowest BCUT2D eigenvalue weighted by molar-refractivity contribution is 0.0938. The van der Waals surface area contributed by atoms with Gasteiger partial charge in [-0.15, -0.1) is 0 Å². The van der Waals surface area contributed by atoms with E-state index in [1.54, 1.807) is 23.9 Å². The van der Waals surface area contributed by atoms with Crippen LogP contribution in [0.25, 0.3) is 11.4 Å². The maximum absolute atomic E-state index is 11.5. The van der Waals surface area contributed by atoms with Crippen molar-refractivity contribution in [1.29, 1.82) is 0 Å². The summed E-state index contributed by atoms with van der Waals surface area (Å²) in [6, 6.07) is 8.58. The second kappa shape index (κ2) is 5.61. The summed E-state index contributed by atoms with van der Waals surface area (Å²) in [4.78, 5) is 15.8. The van der Waals surface area contributed by atoms with Gasteiger partial charge in [0.25, 0.3) is 0 Å². The molecule has 3 heteroatoms. The van der Waals surface area contributed by atoms with Crippen molar-refractivity contribution < 1.29 is 4.79 Å². The fraction of sp³-hybridized carbons (Fsp3) is 0.412. The van der Waals surface area contributed by atoms with E-state index in [1.165, 1.54) is 37.7 Å². The van der Waals surface area contributed by atoms with Gasteiger partial charge in [-0.2, -0.15) is 0 Å². The standard InChI is InChI=1S/C17H20N2O/c1-13(20)19-12-11-18-17(19)16-9-7-15(8-10-16)14-5-3-2-4-6-14/h7-12,14H,2-6H2,1H3. The topological polar surface area (TPSA) is 34.9 Å². The molecule has 1 aromatic carbocycles. The van der Waals surface area contributed by atoms with Crippen molar-refractivity contribution in [2.45, 2.75) is 44.9 Å². The number of imidazole rings is 1. The lowest BCUT2D eigenvalue weighted by Gasteiger charge is -2.22. The quantitative estimate of drug-likeness (QED) is 0.815. The van der Waals surface area contributed by atoms with Crippen molar-refractivity contribution in [3.8, 4) is 11.4 Å². The van der Waals surface area contributed by atoms with Crippen LogP contribution in [-0.2, 0) is 0 Å². The van der Waals surface area contributed by atoms with Gasteiger partial charge in [-0.1, -0.05) is 43.5 Å². The number of benzene rings is 1. The van der Waals surface area contributed by atoms with Gasteiger partial charge < -0.3 is 0 Å². The Hall–Kier alpha value is -1.90. The molecule has 0 bridgehead atoms. The Morgan fingerprint density at radius 1 is 1.15 bits per heavy atom. The van der Waals surface area contributed by atoms with Crippen molar-refractivity contribution >= 4 is 5.91 Å². The summed E-state index contributed by atoms with van der Waals surface area (Å²) in [5, 5.41) is 0. The highest BCUT2D eigenvalue weighted by Crippen LogP contribution is 2.33. The van der Waals surface area contributed by atoms with Crippen LogP contribution in [0, 0.1) is 0 Å². The Bertz CT molecular complexity index is 592. The van der Waals surface area contributed by atoms with E-state index in [-0.39, 0.29) is 5.91 Å². The average molecular weight is 268 g/mol. The zero-order valence-corrected chi connectivity index (χ0v) is 11.9. The summed E-state index contributed by atoms with van der Waals surface area (Å²) in [7, 11) is 0. The molecule has 1 aliphatic rings. The summed E-state index contributed by atoms with van der Waals surface area (Å²) < 4.78 is 1.59. The van der Waals surface area contributed by atoms with Crippen LogP contribution in [-0.4, -0.2) is 15.5 Å². The number of hydrogen-bond acceptors (Lipinski definition) is 2. The van der Waals surface area contributed by atoms with Crippen LogP contribution in [0.2, 0.25) is 0 Å². The third kappa shape index (κ3) is 2.53. The largest absolute Gasteiger partial charge is 0.274 e. The number of carbonyl (C=O) groups excluding carboxylic acids is 1. The van der Waals surface area contributed by atoms with Crippen molar-refractivity contribution in [1.82, 2.24) is 9.55 Å². The number of rotatable bonds is 2. The van der Waals surface area contributed by atoms with E-state index in [0.717, 1.165) is 11.4 Å². The molecule has 1 aliphatic carbocycles. The van der Waals surface area contributed by atoms with Crippen LogP contribution in [0.3, 0.4) is 0 Å². The van der Waals surface area contributed by atoms with Gasteiger partial charge in [0.05, 0.1) is 0 Å². The van der Waals surface area contributed by atoms with Crippen molar-refractivity contribution in [3.05, 3.63) is 42.2 Å². The monoisotopic (exact) mass is 268 g/mol. The normalized spacial score (nSPS) is 16.2. The molecular formula is C17H20N2O. The predicted molar refractivity (Wildman–Crippen MR) is 79.8 cm³/mol. The van der Waals surface area contributed by atoms with Gasteiger partial charge in [-0.05, 0) is 24.3 Å². The fourth-order valence-corrected chi connectivity index (χ4v) is 3.11. The Morgan fingerprint density at radius 2 is 1.85 bits per heavy atom. The second-order valence-electron chi connectivity index (χ2n) is 5.60. The molecule has 0 amide bonds. The fourth-order valence-electron chi connectivity index (χ4n) is 3.11. The maximum Gasteiger partial charge on any atom is 0.229 e. The summed E-state index contributed by atoms with van der Waals surface area (Å²) in [6.45, 7) is 1.56. The van der Waals surface area contributed by atoms with Gasteiger partial charge >= 0.3 is 0 Å². The number of aromatic nitrogens is 2. The van der Waals surface area contributed by atoms with Gasteiger partial charge in [0.15, 0.2) is 0 Å². The van der Waals surface area contributed by atoms with Gasteiger partial charge in [-0.3, -0.25) is 9.36 Å². The molecule has 1 fully saturated rings. The highest BCUT2D eigenvalue weighted by atomic mass is 16.1. The molecular weight excluding hydrogens is 248 g/mol. The summed E-state index contributed by atoms with van der Waals surface area (Å²) >= 11 is 0. The Morgan fingerprint density at radius 3 is 2.50 bits per heavy atom. The van der Waals surface area contributed by atoms with Gasteiger partial charge in [0, 0.05) is 24.9 Å². The second-order valence-corrected chi connectivity index (χ2v) is 5.60. The molecule has 0 radical (unpaired) electrons. The molecule has 2 aromatic rings. The van der Waals surface area contributed by atoms with Crippen LogP contribution >= 0.6 is 0 Å². The lowest BCUT2D eigenvalue weighted by atomic mass is 9.84. The Kier molecular flexibility index (Phi) is 3.68. The van der Waals surface area contributed by atoms with E-state index in [4.69, 9.17) is 0 Å². The molecule has 1 saturated carbocycles. The van der Waals surface area contributed by atoms with E-state index < -0.39 is 0 Å². The first-order chi connectivity index (χ1) is 9.75. The Balaban J connectivity index is 1.85. The molecule has 1 heterocycles. The van der Waals surface area contributed by atoms with Gasteiger partial charge in [0.1, 0.15) is 5.82 Å². The lowest BCUT2D eigenvalue weighted by Crippen LogP contribution is -2.07. The predicted octanol–water partition coefficient (Wildman–Crippen LogP) is 4.26. The van der Waals surface area contributed by atoms with Crippen LogP contribution < -0.4 is 0 Å². The number of nitrogens with zero attached hydrogens (tertiary/aromatic N) is 2. The van der Waals surface area contributed by atoms with Crippen LogP contribution in [0.5, 0.6) is 0 Å². The van der Waals surface area contributed by atoms with Gasteiger partial charge in [0.2, 0.25) is 5.91 Å². The summed E-state index contributed by atoms with van der Waals surface area (Å²) in [5.41, 5.74) is 2.43. The molecule has 0 unspecified atom stereocenters. The molecule has 3 nitrogen and oxygen atoms in total. The minimum Gasteiger partial charge on any atom is -0.274 e. The van der Waals surface area contributed by atoms with Crippen LogP contribution in [0.4, 0.5) is 0 Å². The first kappa shape index (κ1) is 13.1. The van der Waals surface area contributed by atoms with Crippen LogP contribution in [0.1, 0.15) is 55.3 Å². The van der Waals surface area contributed by atoms with E-state index in [2.05, 4.69) is 29.2 Å². The van der Waals surface area contributed by atoms with Crippen molar-refractivity contribution in [2.24, 2.45) is 0 Å². The molecule has 0 N–H and O–H groups in total. The smallest absolute Gasteiger partial charge is 0.229 e. The first-order valence-corrected chi connectivity index (χ1v) is 7.40. The third-order valence-corrected chi connectivity index (χ3v) is 4.23. The zero-order valence-electron chi connectivity index (χ0n) is 11.9. The Labute approximate surface area is 119 Å². The number of hydrogen-bond donors (Lipinski definition) is 0. The van der Waals surface area contributed by atoms with E-state index >= 15 is 0 Å². The molecule has 3 rings (SSSR count). The van der Waals surface area contributed by atoms with E-state index in [1.807, 2.05) is 0 Å². The maximum atomic E-state index is 11.5. The minimum atomic E-state index is -0.00569. The minimum absolute atomic E-state index is 0.00569. The first-order valence-electron chi connectivity index (χ1n) is 7.40. The molecule has 0 aliphatic heterocycles. The SMILES string of the molecule is CC(=O)n1ccnc1-c1ccc(C2CCCCC2)cc1. The molecule has 0 atom stereocenters. The highest BCUT2D eigenvalue weighted by Gasteiger charge is 2.16. The highest BCUT2D eigenvalue weighted by molar-refractivity contribution is 5.80. The molecule has 1 aromatic heterocycles. The summed E-state index contributed by atoms with van der Waals surface area (Å²) in [5.74, 6) is 1.44.